The van der Waals surface area contributed by atoms with Gasteiger partial charge in [-0.25, -0.2) is 0 Å². The standard InChI is InChI=1S/C20H15NO/c1-22-18-9-4-6-15(13-18)12-17(14-21)20-11-5-8-16-7-2-3-10-19(16)20/h2-13H,1H3/b17-12-. The van der Waals surface area contributed by atoms with Crippen molar-refractivity contribution in [3.05, 3.63) is 77.9 Å². The van der Waals surface area contributed by atoms with Crippen molar-refractivity contribution in [2.75, 3.05) is 7.11 Å². The zero-order chi connectivity index (χ0) is 15.4. The Balaban J connectivity index is 2.14. The number of allylic oxidation sites excluding steroid dienone is 1. The molecule has 0 aliphatic heterocycles. The van der Waals surface area contributed by atoms with Crippen molar-refractivity contribution >= 4 is 22.4 Å². The average molecular weight is 285 g/mol. The van der Waals surface area contributed by atoms with Gasteiger partial charge in [0.15, 0.2) is 0 Å². The molecule has 0 saturated heterocycles. The van der Waals surface area contributed by atoms with E-state index in [2.05, 4.69) is 18.2 Å². The number of hydrogen-bond donors (Lipinski definition) is 0. The third kappa shape index (κ3) is 2.70. The summed E-state index contributed by atoms with van der Waals surface area (Å²) in [7, 11) is 1.64. The summed E-state index contributed by atoms with van der Waals surface area (Å²) in [5.74, 6) is 0.781. The highest BCUT2D eigenvalue weighted by Crippen LogP contribution is 2.27. The van der Waals surface area contributed by atoms with E-state index < -0.39 is 0 Å². The van der Waals surface area contributed by atoms with E-state index in [9.17, 15) is 5.26 Å². The summed E-state index contributed by atoms with van der Waals surface area (Å²) >= 11 is 0. The molecule has 0 spiro atoms. The van der Waals surface area contributed by atoms with Crippen molar-refractivity contribution in [3.63, 3.8) is 0 Å². The van der Waals surface area contributed by atoms with Crippen LogP contribution in [-0.2, 0) is 0 Å². The number of nitrogens with zero attached hydrogens (tertiary/aromatic N) is 1. The first-order chi connectivity index (χ1) is 10.8. The van der Waals surface area contributed by atoms with Gasteiger partial charge in [-0.2, -0.15) is 5.26 Å². The number of benzene rings is 3. The van der Waals surface area contributed by atoms with Crippen LogP contribution in [0.25, 0.3) is 22.4 Å². The first-order valence-corrected chi connectivity index (χ1v) is 7.06. The highest BCUT2D eigenvalue weighted by molar-refractivity contribution is 6.01. The molecule has 3 aromatic carbocycles. The molecule has 0 N–H and O–H groups in total. The fourth-order valence-electron chi connectivity index (χ4n) is 2.53. The molecule has 0 fully saturated rings. The summed E-state index contributed by atoms with van der Waals surface area (Å²) in [6, 6.07) is 24.1. The van der Waals surface area contributed by atoms with Gasteiger partial charge in [0, 0.05) is 5.56 Å². The third-order valence-corrected chi connectivity index (χ3v) is 3.61. The van der Waals surface area contributed by atoms with Gasteiger partial charge in [0.25, 0.3) is 0 Å². The molecule has 2 nitrogen and oxygen atoms in total. The smallest absolute Gasteiger partial charge is 0.119 e. The minimum absolute atomic E-state index is 0.644. The Kier molecular flexibility index (Phi) is 3.89. The van der Waals surface area contributed by atoms with Gasteiger partial charge >= 0.3 is 0 Å². The Morgan fingerprint density at radius 2 is 1.77 bits per heavy atom. The maximum Gasteiger partial charge on any atom is 0.119 e. The van der Waals surface area contributed by atoms with Gasteiger partial charge in [0.2, 0.25) is 0 Å². The average Bonchev–Trinajstić information content (AvgIpc) is 2.59. The van der Waals surface area contributed by atoms with Crippen LogP contribution in [0.3, 0.4) is 0 Å². The van der Waals surface area contributed by atoms with E-state index in [0.717, 1.165) is 27.6 Å². The van der Waals surface area contributed by atoms with E-state index in [1.54, 1.807) is 7.11 Å². The van der Waals surface area contributed by atoms with Crippen LogP contribution in [0.5, 0.6) is 5.75 Å². The molecule has 0 heterocycles. The lowest BCUT2D eigenvalue weighted by molar-refractivity contribution is 0.414. The van der Waals surface area contributed by atoms with Crippen molar-refractivity contribution in [1.82, 2.24) is 0 Å². The van der Waals surface area contributed by atoms with Crippen LogP contribution in [0, 0.1) is 11.3 Å². The highest BCUT2D eigenvalue weighted by atomic mass is 16.5. The predicted molar refractivity (Wildman–Crippen MR) is 90.4 cm³/mol. The Labute approximate surface area is 129 Å². The van der Waals surface area contributed by atoms with Gasteiger partial charge in [0.05, 0.1) is 18.8 Å². The Morgan fingerprint density at radius 1 is 1.00 bits per heavy atom. The van der Waals surface area contributed by atoms with Gasteiger partial charge in [-0.15, -0.1) is 0 Å². The summed E-state index contributed by atoms with van der Waals surface area (Å²) in [5.41, 5.74) is 2.54. The normalized spacial score (nSPS) is 11.2. The van der Waals surface area contributed by atoms with Gasteiger partial charge in [0.1, 0.15) is 5.75 Å². The van der Waals surface area contributed by atoms with Crippen LogP contribution in [-0.4, -0.2) is 7.11 Å². The zero-order valence-electron chi connectivity index (χ0n) is 12.3. The zero-order valence-corrected chi connectivity index (χ0v) is 12.3. The Morgan fingerprint density at radius 3 is 2.59 bits per heavy atom. The maximum absolute atomic E-state index is 9.58. The van der Waals surface area contributed by atoms with Crippen molar-refractivity contribution in [3.8, 4) is 11.8 Å². The number of methoxy groups -OCH3 is 1. The van der Waals surface area contributed by atoms with E-state index in [1.165, 1.54) is 0 Å². The van der Waals surface area contributed by atoms with Crippen LogP contribution >= 0.6 is 0 Å². The molecule has 0 bridgehead atoms. The van der Waals surface area contributed by atoms with Gasteiger partial charge in [-0.05, 0) is 34.5 Å². The molecule has 0 atom stereocenters. The molecule has 0 amide bonds. The number of rotatable bonds is 3. The third-order valence-electron chi connectivity index (χ3n) is 3.61. The minimum atomic E-state index is 0.644. The SMILES string of the molecule is COc1cccc(/C=C(/C#N)c2cccc3ccccc23)c1. The van der Waals surface area contributed by atoms with Crippen LogP contribution < -0.4 is 4.74 Å². The second kappa shape index (κ2) is 6.15. The number of ether oxygens (including phenoxy) is 1. The molecule has 0 radical (unpaired) electrons. The summed E-state index contributed by atoms with van der Waals surface area (Å²) < 4.78 is 5.23. The van der Waals surface area contributed by atoms with Crippen molar-refractivity contribution < 1.29 is 4.74 Å². The molecular formula is C20H15NO. The monoisotopic (exact) mass is 285 g/mol. The number of nitriles is 1. The van der Waals surface area contributed by atoms with Crippen molar-refractivity contribution in [1.29, 1.82) is 5.26 Å². The maximum atomic E-state index is 9.58. The lowest BCUT2D eigenvalue weighted by atomic mass is 9.97. The molecule has 0 aliphatic carbocycles. The summed E-state index contributed by atoms with van der Waals surface area (Å²) in [4.78, 5) is 0. The van der Waals surface area contributed by atoms with Crippen molar-refractivity contribution in [2.24, 2.45) is 0 Å². The Bertz CT molecular complexity index is 882. The molecule has 106 valence electrons. The molecular weight excluding hydrogens is 270 g/mol. The number of fused-ring (bicyclic) bond motifs is 1. The number of hydrogen-bond acceptors (Lipinski definition) is 2. The molecule has 0 aliphatic rings. The van der Waals surface area contributed by atoms with Crippen molar-refractivity contribution in [2.45, 2.75) is 0 Å². The summed E-state index contributed by atoms with van der Waals surface area (Å²) in [6.45, 7) is 0. The highest BCUT2D eigenvalue weighted by Gasteiger charge is 2.06. The van der Waals surface area contributed by atoms with E-state index in [0.29, 0.717) is 5.57 Å². The quantitative estimate of drug-likeness (QED) is 0.506. The fraction of sp³-hybridized carbons (Fsp3) is 0.0500. The van der Waals surface area contributed by atoms with Crippen LogP contribution in [0.1, 0.15) is 11.1 Å². The van der Waals surface area contributed by atoms with E-state index in [-0.39, 0.29) is 0 Å². The first kappa shape index (κ1) is 13.9. The lowest BCUT2D eigenvalue weighted by Gasteiger charge is -2.06. The summed E-state index contributed by atoms with van der Waals surface area (Å²) in [6.07, 6.45) is 1.89. The second-order valence-corrected chi connectivity index (χ2v) is 4.97. The van der Waals surface area contributed by atoms with Gasteiger partial charge < -0.3 is 4.74 Å². The lowest BCUT2D eigenvalue weighted by Crippen LogP contribution is -1.86. The molecule has 3 aromatic rings. The molecule has 2 heteroatoms. The fourth-order valence-corrected chi connectivity index (χ4v) is 2.53. The Hall–Kier alpha value is -3.05. The first-order valence-electron chi connectivity index (χ1n) is 7.06. The predicted octanol–water partition coefficient (Wildman–Crippen LogP) is 4.91. The van der Waals surface area contributed by atoms with E-state index >= 15 is 0 Å². The van der Waals surface area contributed by atoms with E-state index in [4.69, 9.17) is 4.74 Å². The van der Waals surface area contributed by atoms with Gasteiger partial charge in [-0.1, -0.05) is 54.6 Å². The van der Waals surface area contributed by atoms with Crippen LogP contribution in [0.4, 0.5) is 0 Å². The van der Waals surface area contributed by atoms with Crippen LogP contribution in [0.2, 0.25) is 0 Å². The summed E-state index contributed by atoms with van der Waals surface area (Å²) in [5, 5.41) is 11.8. The minimum Gasteiger partial charge on any atom is -0.497 e. The van der Waals surface area contributed by atoms with Crippen LogP contribution in [0.15, 0.2) is 66.7 Å². The molecule has 0 aromatic heterocycles. The second-order valence-electron chi connectivity index (χ2n) is 4.97. The largest absolute Gasteiger partial charge is 0.497 e. The molecule has 0 saturated carbocycles. The topological polar surface area (TPSA) is 33.0 Å². The van der Waals surface area contributed by atoms with E-state index in [1.807, 2.05) is 60.7 Å². The molecule has 0 unspecified atom stereocenters. The van der Waals surface area contributed by atoms with Gasteiger partial charge in [-0.3, -0.25) is 0 Å². The molecule has 3 rings (SSSR count). The molecule has 22 heavy (non-hydrogen) atoms.